The Morgan fingerprint density at radius 3 is 3.12 bits per heavy atom. The quantitative estimate of drug-likeness (QED) is 0.842. The molecule has 0 bridgehead atoms. The number of aromatic nitrogens is 2. The molecule has 3 rings (SSSR count). The van der Waals surface area contributed by atoms with Crippen molar-refractivity contribution in [2.24, 2.45) is 0 Å². The summed E-state index contributed by atoms with van der Waals surface area (Å²) in [4.78, 5) is 6.69. The summed E-state index contributed by atoms with van der Waals surface area (Å²) in [5, 5.41) is 7.66. The van der Waals surface area contributed by atoms with Gasteiger partial charge in [-0.25, -0.2) is 0 Å². The van der Waals surface area contributed by atoms with Gasteiger partial charge in [-0.2, -0.15) is 4.98 Å². The first kappa shape index (κ1) is 16.9. The van der Waals surface area contributed by atoms with Crippen LogP contribution < -0.4 is 10.1 Å². The summed E-state index contributed by atoms with van der Waals surface area (Å²) in [7, 11) is 0. The monoisotopic (exact) mass is 330 g/mol. The van der Waals surface area contributed by atoms with Crippen LogP contribution in [0.25, 0.3) is 0 Å². The second-order valence-electron chi connectivity index (χ2n) is 6.27. The number of hydrogen-bond donors (Lipinski definition) is 1. The van der Waals surface area contributed by atoms with E-state index in [-0.39, 0.29) is 0 Å². The number of ether oxygens (including phenoxy) is 1. The molecule has 1 aliphatic heterocycles. The van der Waals surface area contributed by atoms with Crippen LogP contribution in [0, 0.1) is 6.92 Å². The van der Waals surface area contributed by atoms with E-state index in [0.717, 1.165) is 37.8 Å². The van der Waals surface area contributed by atoms with Crippen LogP contribution in [0.5, 0.6) is 5.75 Å². The van der Waals surface area contributed by atoms with E-state index in [2.05, 4.69) is 32.5 Å². The lowest BCUT2D eigenvalue weighted by Crippen LogP contribution is -2.45. The largest absolute Gasteiger partial charge is 0.494 e. The molecule has 1 aliphatic rings. The van der Waals surface area contributed by atoms with Gasteiger partial charge in [0.15, 0.2) is 5.82 Å². The van der Waals surface area contributed by atoms with Crippen molar-refractivity contribution >= 4 is 0 Å². The van der Waals surface area contributed by atoms with Crippen LogP contribution in [0.3, 0.4) is 0 Å². The van der Waals surface area contributed by atoms with Crippen molar-refractivity contribution in [3.05, 3.63) is 41.5 Å². The molecule has 0 saturated carbocycles. The van der Waals surface area contributed by atoms with E-state index >= 15 is 0 Å². The molecule has 0 spiro atoms. The van der Waals surface area contributed by atoms with Gasteiger partial charge in [0.05, 0.1) is 13.2 Å². The van der Waals surface area contributed by atoms with Gasteiger partial charge in [-0.15, -0.1) is 0 Å². The molecule has 0 aliphatic carbocycles. The van der Waals surface area contributed by atoms with Gasteiger partial charge in [0.25, 0.3) is 0 Å². The molecule has 130 valence electrons. The number of benzene rings is 1. The number of hydrogen-bond acceptors (Lipinski definition) is 6. The van der Waals surface area contributed by atoms with Crippen LogP contribution in [0.4, 0.5) is 0 Å². The van der Waals surface area contributed by atoms with E-state index in [1.165, 1.54) is 18.4 Å². The van der Waals surface area contributed by atoms with Crippen LogP contribution >= 0.6 is 0 Å². The zero-order valence-corrected chi connectivity index (χ0v) is 14.5. The lowest BCUT2D eigenvalue weighted by atomic mass is 10.1. The Bertz CT molecular complexity index is 643. The van der Waals surface area contributed by atoms with Crippen molar-refractivity contribution in [3.63, 3.8) is 0 Å². The molecule has 0 amide bonds. The minimum atomic E-state index is 0.488. The highest BCUT2D eigenvalue weighted by atomic mass is 16.5. The highest BCUT2D eigenvalue weighted by Gasteiger charge is 2.21. The Hall–Kier alpha value is -1.92. The average Bonchev–Trinajstić information content (AvgIpc) is 2.99. The van der Waals surface area contributed by atoms with E-state index in [9.17, 15) is 0 Å². The molecular weight excluding hydrogens is 304 g/mol. The summed E-state index contributed by atoms with van der Waals surface area (Å²) in [5.41, 5.74) is 1.26. The first-order valence-corrected chi connectivity index (χ1v) is 8.69. The third-order valence-electron chi connectivity index (χ3n) is 4.24. The lowest BCUT2D eigenvalue weighted by Gasteiger charge is -2.32. The molecule has 1 aromatic carbocycles. The highest BCUT2D eigenvalue weighted by molar-refractivity contribution is 5.28. The Morgan fingerprint density at radius 2 is 2.33 bits per heavy atom. The molecular formula is C18H26N4O2. The van der Waals surface area contributed by atoms with Crippen molar-refractivity contribution in [2.75, 3.05) is 19.7 Å². The summed E-state index contributed by atoms with van der Waals surface area (Å²) >= 11 is 0. The van der Waals surface area contributed by atoms with Gasteiger partial charge in [-0.3, -0.25) is 4.90 Å². The fourth-order valence-electron chi connectivity index (χ4n) is 3.15. The average molecular weight is 330 g/mol. The first-order valence-electron chi connectivity index (χ1n) is 8.69. The number of aryl methyl sites for hydroxylation is 1. The van der Waals surface area contributed by atoms with E-state index in [1.807, 2.05) is 26.0 Å². The minimum absolute atomic E-state index is 0.488. The molecule has 0 radical (unpaired) electrons. The summed E-state index contributed by atoms with van der Waals surface area (Å²) < 4.78 is 10.6. The van der Waals surface area contributed by atoms with Gasteiger partial charge in [0.1, 0.15) is 5.75 Å². The normalized spacial score (nSPS) is 18.7. The maximum Gasteiger partial charge on any atom is 0.223 e. The number of piperidine rings is 1. The van der Waals surface area contributed by atoms with E-state index in [1.54, 1.807) is 0 Å². The molecule has 6 heteroatoms. The molecule has 1 N–H and O–H groups in total. The maximum absolute atomic E-state index is 5.56. The van der Waals surface area contributed by atoms with Gasteiger partial charge in [-0.1, -0.05) is 17.3 Å². The van der Waals surface area contributed by atoms with Crippen molar-refractivity contribution in [1.82, 2.24) is 20.4 Å². The summed E-state index contributed by atoms with van der Waals surface area (Å²) in [6.45, 7) is 8.25. The van der Waals surface area contributed by atoms with E-state index < -0.39 is 0 Å². The van der Waals surface area contributed by atoms with Gasteiger partial charge < -0.3 is 14.6 Å². The molecule has 1 aromatic heterocycles. The van der Waals surface area contributed by atoms with Crippen molar-refractivity contribution in [3.8, 4) is 5.75 Å². The van der Waals surface area contributed by atoms with Crippen molar-refractivity contribution < 1.29 is 9.26 Å². The van der Waals surface area contributed by atoms with Crippen LogP contribution in [-0.4, -0.2) is 40.8 Å². The van der Waals surface area contributed by atoms with Crippen LogP contribution in [0.15, 0.2) is 28.8 Å². The standard InChI is InChI=1S/C18H26N4O2/c1-3-23-17-8-4-6-15(10-17)11-19-16-7-5-9-22(12-16)13-18-20-14(2)24-21-18/h4,6,8,10,16,19H,3,5,7,9,11-13H2,1-2H3/t16-/m0/s1. The van der Waals surface area contributed by atoms with Gasteiger partial charge in [-0.05, 0) is 44.0 Å². The molecule has 1 fully saturated rings. The molecule has 1 atom stereocenters. The molecule has 24 heavy (non-hydrogen) atoms. The Labute approximate surface area is 143 Å². The molecule has 6 nitrogen and oxygen atoms in total. The fraction of sp³-hybridized carbons (Fsp3) is 0.556. The minimum Gasteiger partial charge on any atom is -0.494 e. The lowest BCUT2D eigenvalue weighted by molar-refractivity contribution is 0.177. The SMILES string of the molecule is CCOc1cccc(CN[C@H]2CCCN(Cc3noc(C)n3)C2)c1. The van der Waals surface area contributed by atoms with E-state index in [0.29, 0.717) is 18.5 Å². The Morgan fingerprint density at radius 1 is 1.42 bits per heavy atom. The van der Waals surface area contributed by atoms with E-state index in [4.69, 9.17) is 9.26 Å². The zero-order valence-electron chi connectivity index (χ0n) is 14.5. The Balaban J connectivity index is 1.49. The molecule has 0 unspecified atom stereocenters. The number of likely N-dealkylation sites (tertiary alicyclic amines) is 1. The van der Waals surface area contributed by atoms with Crippen LogP contribution in [0.1, 0.15) is 37.0 Å². The second-order valence-corrected chi connectivity index (χ2v) is 6.27. The molecule has 1 saturated heterocycles. The highest BCUT2D eigenvalue weighted by Crippen LogP contribution is 2.16. The first-order chi connectivity index (χ1) is 11.7. The predicted molar refractivity (Wildman–Crippen MR) is 91.8 cm³/mol. The predicted octanol–water partition coefficient (Wildman–Crippen LogP) is 2.53. The van der Waals surface area contributed by atoms with Crippen LogP contribution in [-0.2, 0) is 13.1 Å². The van der Waals surface area contributed by atoms with Crippen LogP contribution in [0.2, 0.25) is 0 Å². The smallest absolute Gasteiger partial charge is 0.223 e. The van der Waals surface area contributed by atoms with Crippen molar-refractivity contribution in [1.29, 1.82) is 0 Å². The van der Waals surface area contributed by atoms with Gasteiger partial charge in [0.2, 0.25) is 5.89 Å². The fourth-order valence-corrected chi connectivity index (χ4v) is 3.15. The summed E-state index contributed by atoms with van der Waals surface area (Å²) in [6, 6.07) is 8.79. The second kappa shape index (κ2) is 8.26. The topological polar surface area (TPSA) is 63.4 Å². The maximum atomic E-state index is 5.56. The molecule has 2 heterocycles. The number of nitrogens with one attached hydrogen (secondary N) is 1. The number of rotatable bonds is 7. The van der Waals surface area contributed by atoms with Gasteiger partial charge >= 0.3 is 0 Å². The Kier molecular flexibility index (Phi) is 5.82. The number of nitrogens with zero attached hydrogens (tertiary/aromatic N) is 3. The third-order valence-corrected chi connectivity index (χ3v) is 4.24. The zero-order chi connectivity index (χ0) is 16.8. The van der Waals surface area contributed by atoms with Crippen molar-refractivity contribution in [2.45, 2.75) is 45.8 Å². The third kappa shape index (κ3) is 4.79. The summed E-state index contributed by atoms with van der Waals surface area (Å²) in [5.74, 6) is 2.35. The van der Waals surface area contributed by atoms with Gasteiger partial charge in [0, 0.05) is 26.1 Å². The summed E-state index contributed by atoms with van der Waals surface area (Å²) in [6.07, 6.45) is 2.39. The molecule has 2 aromatic rings.